The van der Waals surface area contributed by atoms with Gasteiger partial charge in [0.1, 0.15) is 11.6 Å². The third-order valence-electron chi connectivity index (χ3n) is 4.69. The molecule has 0 saturated carbocycles. The van der Waals surface area contributed by atoms with Gasteiger partial charge < -0.3 is 20.1 Å². The predicted molar refractivity (Wildman–Crippen MR) is 114 cm³/mol. The zero-order chi connectivity index (χ0) is 23.3. The van der Waals surface area contributed by atoms with Gasteiger partial charge in [-0.05, 0) is 44.2 Å². The minimum absolute atomic E-state index is 0.0497. The lowest BCUT2D eigenvalue weighted by molar-refractivity contribution is -0.139. The number of amides is 2. The number of carbonyl (C=O) groups is 2. The second kappa shape index (κ2) is 9.82. The van der Waals surface area contributed by atoms with Crippen molar-refractivity contribution in [2.75, 3.05) is 19.0 Å². The van der Waals surface area contributed by atoms with E-state index in [4.69, 9.17) is 9.47 Å². The molecule has 0 unspecified atom stereocenters. The molecule has 1 aliphatic rings. The molecule has 1 atom stereocenters. The molecule has 1 aliphatic heterocycles. The number of hydrogen-bond acceptors (Lipinski definition) is 6. The summed E-state index contributed by atoms with van der Waals surface area (Å²) >= 11 is 0. The molecule has 2 N–H and O–H groups in total. The maximum atomic E-state index is 13.2. The molecule has 2 aromatic rings. The Balaban J connectivity index is 2.12. The van der Waals surface area contributed by atoms with Crippen molar-refractivity contribution in [3.8, 4) is 5.75 Å². The number of esters is 1. The first-order valence-corrected chi connectivity index (χ1v) is 11.6. The van der Waals surface area contributed by atoms with E-state index in [9.17, 15) is 22.4 Å². The molecule has 170 valence electrons. The Morgan fingerprint density at radius 2 is 1.75 bits per heavy atom. The molecule has 0 fully saturated rings. The number of hydrogen-bond donors (Lipinski definition) is 2. The van der Waals surface area contributed by atoms with Crippen LogP contribution >= 0.6 is 0 Å². The van der Waals surface area contributed by atoms with Crippen LogP contribution in [0, 0.1) is 5.82 Å². The van der Waals surface area contributed by atoms with E-state index in [1.54, 1.807) is 38.1 Å². The molecule has 1 heterocycles. The molecule has 0 radical (unpaired) electrons. The van der Waals surface area contributed by atoms with E-state index in [-0.39, 0.29) is 22.8 Å². The monoisotopic (exact) mass is 462 g/mol. The SMILES string of the molecule is CCOC(=O)C1=C(CS(=O)(=O)c2ccc(F)cc2)NC(=O)N[C@@H]1c1ccccc1OCC. The fraction of sp³-hybridized carbons (Fsp3) is 0.273. The molecule has 0 aliphatic carbocycles. The molecule has 32 heavy (non-hydrogen) atoms. The van der Waals surface area contributed by atoms with Crippen LogP contribution < -0.4 is 15.4 Å². The second-order valence-corrected chi connectivity index (χ2v) is 8.82. The van der Waals surface area contributed by atoms with Crippen molar-refractivity contribution >= 4 is 21.8 Å². The number of sulfone groups is 1. The first kappa shape index (κ1) is 23.3. The summed E-state index contributed by atoms with van der Waals surface area (Å²) in [6, 6.07) is 9.43. The highest BCUT2D eigenvalue weighted by atomic mass is 32.2. The summed E-state index contributed by atoms with van der Waals surface area (Å²) in [6.45, 7) is 3.81. The number of urea groups is 1. The lowest BCUT2D eigenvalue weighted by atomic mass is 9.95. The Morgan fingerprint density at radius 1 is 1.06 bits per heavy atom. The minimum atomic E-state index is -4.01. The van der Waals surface area contributed by atoms with E-state index in [0.29, 0.717) is 17.9 Å². The normalized spacial score (nSPS) is 16.2. The molecule has 2 amide bonds. The zero-order valence-corrected chi connectivity index (χ0v) is 18.4. The van der Waals surface area contributed by atoms with Crippen LogP contribution in [0.2, 0.25) is 0 Å². The number of nitrogens with one attached hydrogen (secondary N) is 2. The van der Waals surface area contributed by atoms with Crippen LogP contribution in [0.4, 0.5) is 9.18 Å². The molecule has 0 bridgehead atoms. The van der Waals surface area contributed by atoms with E-state index >= 15 is 0 Å². The Kier molecular flexibility index (Phi) is 7.14. The van der Waals surface area contributed by atoms with Gasteiger partial charge in [0.25, 0.3) is 0 Å². The van der Waals surface area contributed by atoms with Gasteiger partial charge in [-0.2, -0.15) is 0 Å². The topological polar surface area (TPSA) is 111 Å². The van der Waals surface area contributed by atoms with Crippen LogP contribution in [0.1, 0.15) is 25.5 Å². The molecule has 8 nitrogen and oxygen atoms in total. The molecule has 2 aromatic carbocycles. The summed E-state index contributed by atoms with van der Waals surface area (Å²) in [5, 5.41) is 5.08. The quantitative estimate of drug-likeness (QED) is 0.461. The Morgan fingerprint density at radius 3 is 2.41 bits per heavy atom. The fourth-order valence-electron chi connectivity index (χ4n) is 3.34. The van der Waals surface area contributed by atoms with Gasteiger partial charge in [-0.1, -0.05) is 18.2 Å². The maximum absolute atomic E-state index is 13.2. The van der Waals surface area contributed by atoms with Gasteiger partial charge in [0.05, 0.1) is 35.5 Å². The van der Waals surface area contributed by atoms with Crippen LogP contribution in [0.15, 0.2) is 64.7 Å². The third-order valence-corrected chi connectivity index (χ3v) is 6.35. The van der Waals surface area contributed by atoms with E-state index in [0.717, 1.165) is 24.3 Å². The van der Waals surface area contributed by atoms with Crippen molar-refractivity contribution in [3.05, 3.63) is 71.2 Å². The number of rotatable bonds is 8. The van der Waals surface area contributed by atoms with Crippen LogP contribution in [0.3, 0.4) is 0 Å². The van der Waals surface area contributed by atoms with Crippen molar-refractivity contribution in [1.82, 2.24) is 10.6 Å². The summed E-state index contributed by atoms with van der Waals surface area (Å²) in [5.74, 6) is -1.61. The standard InChI is InChI=1S/C22H23FN2O6S/c1-3-30-18-8-6-5-7-16(18)20-19(21(26)31-4-2)17(24-22(27)25-20)13-32(28,29)15-11-9-14(23)10-12-15/h5-12,20H,3-4,13H2,1-2H3,(H2,24,25,27)/t20-/m1/s1. The van der Waals surface area contributed by atoms with E-state index in [1.807, 2.05) is 0 Å². The molecule has 3 rings (SSSR count). The van der Waals surface area contributed by atoms with Crippen LogP contribution in [-0.2, 0) is 19.4 Å². The third kappa shape index (κ3) is 5.08. The van der Waals surface area contributed by atoms with Gasteiger partial charge in [-0.25, -0.2) is 22.4 Å². The van der Waals surface area contributed by atoms with Crippen LogP contribution in [-0.4, -0.2) is 39.4 Å². The minimum Gasteiger partial charge on any atom is -0.494 e. The van der Waals surface area contributed by atoms with Crippen LogP contribution in [0.5, 0.6) is 5.75 Å². The fourth-order valence-corrected chi connectivity index (χ4v) is 4.66. The zero-order valence-electron chi connectivity index (χ0n) is 17.6. The molecular formula is C22H23FN2O6S. The summed E-state index contributed by atoms with van der Waals surface area (Å²) in [5.41, 5.74) is 0.307. The van der Waals surface area contributed by atoms with Crippen molar-refractivity contribution < 1.29 is 31.9 Å². The smallest absolute Gasteiger partial charge is 0.338 e. The average molecular weight is 462 g/mol. The Bertz CT molecular complexity index is 1150. The van der Waals surface area contributed by atoms with Crippen molar-refractivity contribution in [2.45, 2.75) is 24.8 Å². The number of halogens is 1. The van der Waals surface area contributed by atoms with Gasteiger partial charge in [-0.3, -0.25) is 0 Å². The summed E-state index contributed by atoms with van der Waals surface area (Å²) in [4.78, 5) is 25.2. The lowest BCUT2D eigenvalue weighted by Gasteiger charge is -2.30. The predicted octanol–water partition coefficient (Wildman–Crippen LogP) is 2.87. The summed E-state index contributed by atoms with van der Waals surface area (Å²) < 4.78 is 49.9. The Labute approximate surface area is 185 Å². The average Bonchev–Trinajstić information content (AvgIpc) is 2.74. The molecular weight excluding hydrogens is 439 g/mol. The number of carbonyl (C=O) groups excluding carboxylic acids is 2. The van der Waals surface area contributed by atoms with Crippen molar-refractivity contribution in [1.29, 1.82) is 0 Å². The van der Waals surface area contributed by atoms with E-state index < -0.39 is 39.4 Å². The largest absolute Gasteiger partial charge is 0.494 e. The van der Waals surface area contributed by atoms with E-state index in [2.05, 4.69) is 10.6 Å². The lowest BCUT2D eigenvalue weighted by Crippen LogP contribution is -2.47. The van der Waals surface area contributed by atoms with Gasteiger partial charge >= 0.3 is 12.0 Å². The number of para-hydroxylation sites is 1. The first-order valence-electron chi connectivity index (χ1n) is 9.94. The van der Waals surface area contributed by atoms with Gasteiger partial charge in [0.2, 0.25) is 0 Å². The molecule has 0 saturated heterocycles. The van der Waals surface area contributed by atoms with Crippen LogP contribution in [0.25, 0.3) is 0 Å². The van der Waals surface area contributed by atoms with Gasteiger partial charge in [-0.15, -0.1) is 0 Å². The second-order valence-electron chi connectivity index (χ2n) is 6.83. The Hall–Kier alpha value is -3.40. The highest BCUT2D eigenvalue weighted by Gasteiger charge is 2.37. The van der Waals surface area contributed by atoms with E-state index in [1.165, 1.54) is 0 Å². The number of ether oxygens (including phenoxy) is 2. The maximum Gasteiger partial charge on any atom is 0.338 e. The van der Waals surface area contributed by atoms with Gasteiger partial charge in [0.15, 0.2) is 9.84 Å². The molecule has 0 aromatic heterocycles. The van der Waals surface area contributed by atoms with Crippen molar-refractivity contribution in [3.63, 3.8) is 0 Å². The first-order chi connectivity index (χ1) is 15.3. The van der Waals surface area contributed by atoms with Crippen molar-refractivity contribution in [2.24, 2.45) is 0 Å². The van der Waals surface area contributed by atoms with Gasteiger partial charge in [0, 0.05) is 11.3 Å². The highest BCUT2D eigenvalue weighted by molar-refractivity contribution is 7.91. The highest BCUT2D eigenvalue weighted by Crippen LogP contribution is 2.34. The summed E-state index contributed by atoms with van der Waals surface area (Å²) in [6.07, 6.45) is 0. The summed E-state index contributed by atoms with van der Waals surface area (Å²) in [7, 11) is -4.01. The molecule has 10 heteroatoms. The number of benzene rings is 2. The molecule has 0 spiro atoms.